The van der Waals surface area contributed by atoms with Crippen LogP contribution in [0.2, 0.25) is 0 Å². The molecule has 9 heteroatoms. The number of esters is 1. The third kappa shape index (κ3) is 6.05. The lowest BCUT2D eigenvalue weighted by atomic mass is 9.93. The first-order chi connectivity index (χ1) is 16.6. The summed E-state index contributed by atoms with van der Waals surface area (Å²) in [4.78, 5) is 33.9. The summed E-state index contributed by atoms with van der Waals surface area (Å²) in [6.07, 6.45) is -1.11. The highest BCUT2D eigenvalue weighted by Crippen LogP contribution is 2.46. The Labute approximate surface area is 205 Å². The van der Waals surface area contributed by atoms with E-state index in [0.29, 0.717) is 5.56 Å². The number of benzene rings is 3. The van der Waals surface area contributed by atoms with Crippen molar-refractivity contribution in [3.05, 3.63) is 96.1 Å². The topological polar surface area (TPSA) is 122 Å². The highest BCUT2D eigenvalue weighted by atomic mass is 31.2. The van der Waals surface area contributed by atoms with Crippen LogP contribution in [0, 0.1) is 0 Å². The third-order valence-electron chi connectivity index (χ3n) is 6.12. The molecule has 0 radical (unpaired) electrons. The van der Waals surface area contributed by atoms with E-state index in [1.165, 1.54) is 21.1 Å². The zero-order valence-electron chi connectivity index (χ0n) is 19.9. The van der Waals surface area contributed by atoms with Gasteiger partial charge in [0.05, 0.1) is 13.7 Å². The predicted octanol–water partition coefficient (Wildman–Crippen LogP) is 3.90. The molecule has 0 aromatic heterocycles. The summed E-state index contributed by atoms with van der Waals surface area (Å²) in [5, 5.41) is 0. The maximum Gasteiger partial charge on any atom is 0.344 e. The molecule has 3 atom stereocenters. The van der Waals surface area contributed by atoms with Crippen molar-refractivity contribution in [2.24, 2.45) is 5.73 Å². The first kappa shape index (κ1) is 26.8. The van der Waals surface area contributed by atoms with E-state index in [0.717, 1.165) is 21.6 Å². The largest absolute Gasteiger partial charge is 0.467 e. The van der Waals surface area contributed by atoms with Gasteiger partial charge in [0.15, 0.2) is 0 Å². The molecule has 35 heavy (non-hydrogen) atoms. The Balaban J connectivity index is 2.07. The van der Waals surface area contributed by atoms with Crippen molar-refractivity contribution in [2.75, 3.05) is 14.2 Å². The van der Waals surface area contributed by atoms with Crippen LogP contribution in [0.1, 0.15) is 24.2 Å². The summed E-state index contributed by atoms with van der Waals surface area (Å²) in [5.74, 6) is -2.26. The fourth-order valence-corrected chi connectivity index (χ4v) is 4.49. The van der Waals surface area contributed by atoms with E-state index in [1.807, 2.05) is 72.8 Å². The van der Waals surface area contributed by atoms with Gasteiger partial charge in [-0.25, -0.2) is 4.79 Å². The normalized spacial score (nSPS) is 15.3. The minimum Gasteiger partial charge on any atom is -0.467 e. The predicted molar refractivity (Wildman–Crippen MR) is 134 cm³/mol. The molecule has 4 N–H and O–H groups in total. The molecule has 186 valence electrons. The number of carbonyl (C=O) groups is 1. The number of likely N-dealkylation sites (N-methyl/N-ethyl adjacent to an activating group) is 1. The number of nitrogens with zero attached hydrogens (tertiary/aromatic N) is 1. The third-order valence-corrected chi connectivity index (χ3v) is 7.44. The van der Waals surface area contributed by atoms with Crippen molar-refractivity contribution in [1.29, 1.82) is 0 Å². The molecule has 0 fully saturated rings. The fourth-order valence-electron chi connectivity index (χ4n) is 3.85. The maximum atomic E-state index is 13.1. The molecule has 0 heterocycles. The van der Waals surface area contributed by atoms with Crippen LogP contribution in [0.5, 0.6) is 0 Å². The Bertz CT molecular complexity index is 1150. The fraction of sp³-hybridized carbons (Fsp3) is 0.269. The second-order valence-electron chi connectivity index (χ2n) is 8.31. The van der Waals surface area contributed by atoms with Crippen molar-refractivity contribution >= 4 is 13.6 Å². The minimum atomic E-state index is -4.63. The quantitative estimate of drug-likeness (QED) is 0.219. The van der Waals surface area contributed by atoms with Crippen LogP contribution < -0.4 is 5.73 Å². The zero-order valence-corrected chi connectivity index (χ0v) is 20.8. The van der Waals surface area contributed by atoms with Crippen molar-refractivity contribution in [3.63, 3.8) is 0 Å². The number of nitrogens with two attached hydrogens (primary N) is 1. The van der Waals surface area contributed by atoms with E-state index in [4.69, 9.17) is 15.2 Å². The van der Waals surface area contributed by atoms with Crippen LogP contribution >= 0.6 is 7.60 Å². The van der Waals surface area contributed by atoms with Gasteiger partial charge in [0, 0.05) is 0 Å². The summed E-state index contributed by atoms with van der Waals surface area (Å²) >= 11 is 0. The van der Waals surface area contributed by atoms with E-state index in [2.05, 4.69) is 0 Å². The second-order valence-corrected chi connectivity index (χ2v) is 10.2. The Morgan fingerprint density at radius 2 is 1.49 bits per heavy atom. The number of hydrogen-bond acceptors (Lipinski definition) is 6. The molecule has 0 saturated heterocycles. The lowest BCUT2D eigenvalue weighted by Crippen LogP contribution is -2.66. The molecule has 3 aromatic rings. The van der Waals surface area contributed by atoms with E-state index in [9.17, 15) is 19.1 Å². The molecule has 0 aliphatic rings. The summed E-state index contributed by atoms with van der Waals surface area (Å²) in [6.45, 7) is 1.41. The van der Waals surface area contributed by atoms with Gasteiger partial charge in [-0.2, -0.15) is 0 Å². The molecular weight excluding hydrogens is 467 g/mol. The van der Waals surface area contributed by atoms with Crippen LogP contribution in [-0.2, 0) is 25.4 Å². The average Bonchev–Trinajstić information content (AvgIpc) is 2.88. The summed E-state index contributed by atoms with van der Waals surface area (Å²) in [5.41, 5.74) is 7.99. The standard InChI is InChI=1S/C26H31N2O6P/c1-19(35(30,31)32)28(2)26(27,25(29)33-3)24(34-18-20-10-6-4-7-11-20)23-16-14-22(15-17-23)21-12-8-5-9-13-21/h4-17,19,24H,18,27H2,1-3H3,(H2,30,31,32)/t19?,24-,26-/m0/s1. The molecular formula is C26H31N2O6P. The molecule has 0 amide bonds. The van der Waals surface area contributed by atoms with Gasteiger partial charge in [-0.1, -0.05) is 84.9 Å². The Kier molecular flexibility index (Phi) is 8.61. The SMILES string of the molecule is COC(=O)[C@](N)([C@@H](OCc1ccccc1)c1ccc(-c2ccccc2)cc1)N(C)C(C)P(=O)(O)O. The summed E-state index contributed by atoms with van der Waals surface area (Å²) < 4.78 is 23.3. The van der Waals surface area contributed by atoms with Crippen LogP contribution in [0.3, 0.4) is 0 Å². The molecule has 0 saturated carbocycles. The second kappa shape index (κ2) is 11.3. The van der Waals surface area contributed by atoms with Gasteiger partial charge in [0.2, 0.25) is 5.66 Å². The van der Waals surface area contributed by atoms with Gasteiger partial charge < -0.3 is 25.0 Å². The van der Waals surface area contributed by atoms with Crippen molar-refractivity contribution in [2.45, 2.75) is 31.1 Å². The molecule has 1 unspecified atom stereocenters. The lowest BCUT2D eigenvalue weighted by Gasteiger charge is -2.44. The number of rotatable bonds is 10. The lowest BCUT2D eigenvalue weighted by molar-refractivity contribution is -0.169. The highest BCUT2D eigenvalue weighted by Gasteiger charge is 2.52. The minimum absolute atomic E-state index is 0.111. The van der Waals surface area contributed by atoms with Crippen LogP contribution in [0.25, 0.3) is 11.1 Å². The Morgan fingerprint density at radius 3 is 2.00 bits per heavy atom. The van der Waals surface area contributed by atoms with Gasteiger partial charge in [-0.3, -0.25) is 9.46 Å². The van der Waals surface area contributed by atoms with Crippen molar-refractivity contribution in [1.82, 2.24) is 4.90 Å². The highest BCUT2D eigenvalue weighted by molar-refractivity contribution is 7.52. The van der Waals surface area contributed by atoms with Gasteiger partial charge >= 0.3 is 13.6 Å². The molecule has 8 nitrogen and oxygen atoms in total. The molecule has 3 rings (SSSR count). The van der Waals surface area contributed by atoms with Crippen molar-refractivity contribution in [3.8, 4) is 11.1 Å². The summed E-state index contributed by atoms with van der Waals surface area (Å²) in [6, 6.07) is 26.5. The van der Waals surface area contributed by atoms with Crippen LogP contribution in [0.4, 0.5) is 0 Å². The molecule has 0 aliphatic heterocycles. The van der Waals surface area contributed by atoms with Crippen LogP contribution in [-0.4, -0.2) is 46.3 Å². The number of hydrogen-bond donors (Lipinski definition) is 3. The molecule has 3 aromatic carbocycles. The van der Waals surface area contributed by atoms with E-state index >= 15 is 0 Å². The van der Waals surface area contributed by atoms with E-state index in [1.54, 1.807) is 12.1 Å². The number of carbonyl (C=O) groups excluding carboxylic acids is 1. The van der Waals surface area contributed by atoms with E-state index < -0.39 is 31.1 Å². The van der Waals surface area contributed by atoms with Gasteiger partial charge in [-0.15, -0.1) is 0 Å². The van der Waals surface area contributed by atoms with E-state index in [-0.39, 0.29) is 6.61 Å². The molecule has 0 aliphatic carbocycles. The van der Waals surface area contributed by atoms with Crippen molar-refractivity contribution < 1.29 is 28.6 Å². The smallest absolute Gasteiger partial charge is 0.344 e. The van der Waals surface area contributed by atoms with Gasteiger partial charge in [-0.05, 0) is 36.2 Å². The first-order valence-corrected chi connectivity index (χ1v) is 12.7. The Morgan fingerprint density at radius 1 is 0.971 bits per heavy atom. The van der Waals surface area contributed by atoms with Gasteiger partial charge in [0.25, 0.3) is 0 Å². The first-order valence-electron chi connectivity index (χ1n) is 11.1. The molecule has 0 bridgehead atoms. The van der Waals surface area contributed by atoms with Gasteiger partial charge in [0.1, 0.15) is 11.9 Å². The number of ether oxygens (including phenoxy) is 2. The number of methoxy groups -OCH3 is 1. The monoisotopic (exact) mass is 498 g/mol. The van der Waals surface area contributed by atoms with Crippen LogP contribution in [0.15, 0.2) is 84.9 Å². The summed E-state index contributed by atoms with van der Waals surface area (Å²) in [7, 11) is -2.09. The zero-order chi connectivity index (χ0) is 25.6. The Hall–Kier alpha value is -2.84. The maximum absolute atomic E-state index is 13.1. The molecule has 0 spiro atoms. The average molecular weight is 499 g/mol.